The molecule has 0 spiro atoms. The molecule has 1 amide bonds. The van der Waals surface area contributed by atoms with Crippen molar-refractivity contribution in [2.24, 2.45) is 5.10 Å². The summed E-state index contributed by atoms with van der Waals surface area (Å²) in [5.74, 6) is -0.580. The van der Waals surface area contributed by atoms with Gasteiger partial charge in [0.15, 0.2) is 17.2 Å². The van der Waals surface area contributed by atoms with E-state index in [1.54, 1.807) is 6.07 Å². The Kier molecular flexibility index (Phi) is 8.62. The number of hydrogen-bond donors (Lipinski definition) is 2. The molecule has 4 aromatic rings. The summed E-state index contributed by atoms with van der Waals surface area (Å²) in [6.07, 6.45) is 1.32. The molecular formula is C24H23N11O9. The molecule has 0 bridgehead atoms. The molecule has 20 heteroatoms. The Morgan fingerprint density at radius 2 is 1.89 bits per heavy atom. The summed E-state index contributed by atoms with van der Waals surface area (Å²) in [5.41, 5.74) is 8.00. The molecule has 0 aliphatic carbocycles. The van der Waals surface area contributed by atoms with Crippen LogP contribution in [-0.4, -0.2) is 85.6 Å². The molecule has 1 aliphatic heterocycles. The van der Waals surface area contributed by atoms with Crippen molar-refractivity contribution in [2.75, 3.05) is 39.1 Å². The van der Waals surface area contributed by atoms with Gasteiger partial charge in [-0.3, -0.25) is 29.9 Å². The second-order valence-electron chi connectivity index (χ2n) is 9.04. The maximum absolute atomic E-state index is 13.1. The number of aromatic nitrogens is 5. The van der Waals surface area contributed by atoms with Crippen LogP contribution in [0.2, 0.25) is 0 Å². The number of nitro groups is 2. The second kappa shape index (κ2) is 12.9. The minimum absolute atomic E-state index is 0.0259. The number of carbonyl (C=O) groups is 1. The third kappa shape index (κ3) is 6.39. The topological polar surface area (TPSA) is 254 Å². The Hall–Kier alpha value is -6.02. The predicted molar refractivity (Wildman–Crippen MR) is 148 cm³/mol. The number of nitro benzene ring substituents is 2. The molecule has 2 aromatic heterocycles. The number of amides is 1. The van der Waals surface area contributed by atoms with Crippen molar-refractivity contribution in [2.45, 2.75) is 6.54 Å². The first-order valence-corrected chi connectivity index (χ1v) is 12.7. The number of rotatable bonds is 11. The summed E-state index contributed by atoms with van der Waals surface area (Å²) in [6.45, 7) is 2.57. The molecule has 5 rings (SSSR count). The lowest BCUT2D eigenvalue weighted by Gasteiger charge is -2.26. The van der Waals surface area contributed by atoms with Gasteiger partial charge in [-0.1, -0.05) is 5.21 Å². The number of non-ortho nitro benzene ring substituents is 1. The number of morpholine rings is 1. The smallest absolute Gasteiger partial charge is 0.318 e. The fourth-order valence-electron chi connectivity index (χ4n) is 4.13. The van der Waals surface area contributed by atoms with Crippen LogP contribution in [0.5, 0.6) is 17.2 Å². The van der Waals surface area contributed by atoms with E-state index in [-0.39, 0.29) is 41.1 Å². The fourth-order valence-corrected chi connectivity index (χ4v) is 4.13. The summed E-state index contributed by atoms with van der Waals surface area (Å²) >= 11 is 0. The van der Waals surface area contributed by atoms with E-state index < -0.39 is 27.1 Å². The van der Waals surface area contributed by atoms with Crippen LogP contribution in [0.25, 0.3) is 5.82 Å². The van der Waals surface area contributed by atoms with E-state index in [4.69, 9.17) is 19.9 Å². The zero-order valence-corrected chi connectivity index (χ0v) is 22.9. The standard InChI is InChI=1S/C24H23N11O9/c1-41-20-10-14(2-4-19(20)43-18-5-3-15(34(37)38)11-16(18)35(39)40)12-26-28-24(36)21-17(13-32-6-8-42-9-7-32)33(31-27-21)23-22(25)29-44-30-23/h2-5,10-12H,6-9,13H2,1H3,(H2,25,29)(H,28,36). The van der Waals surface area contributed by atoms with Gasteiger partial charge in [0, 0.05) is 25.7 Å². The molecule has 0 radical (unpaired) electrons. The Labute approximate surface area is 246 Å². The molecule has 0 saturated carbocycles. The van der Waals surface area contributed by atoms with E-state index in [1.807, 2.05) is 4.90 Å². The lowest BCUT2D eigenvalue weighted by atomic mass is 10.2. The molecule has 1 aliphatic rings. The number of anilines is 1. The summed E-state index contributed by atoms with van der Waals surface area (Å²) in [5, 5.41) is 41.8. The zero-order valence-electron chi connectivity index (χ0n) is 22.9. The molecule has 228 valence electrons. The van der Waals surface area contributed by atoms with E-state index in [2.05, 4.69) is 35.8 Å². The highest BCUT2D eigenvalue weighted by Gasteiger charge is 2.26. The monoisotopic (exact) mass is 609 g/mol. The van der Waals surface area contributed by atoms with Crippen LogP contribution in [0.3, 0.4) is 0 Å². The van der Waals surface area contributed by atoms with Gasteiger partial charge < -0.3 is 19.9 Å². The quantitative estimate of drug-likeness (QED) is 0.139. The van der Waals surface area contributed by atoms with Crippen molar-refractivity contribution >= 4 is 29.3 Å². The zero-order chi connectivity index (χ0) is 31.2. The number of hydrogen-bond acceptors (Lipinski definition) is 16. The van der Waals surface area contributed by atoms with E-state index in [0.29, 0.717) is 37.6 Å². The SMILES string of the molecule is COc1cc(C=NNC(=O)c2nnn(-c3nonc3N)c2CN2CCOCC2)ccc1Oc1ccc([N+](=O)[O-])cc1[N+](=O)[O-]. The van der Waals surface area contributed by atoms with Gasteiger partial charge in [-0.15, -0.1) is 5.10 Å². The summed E-state index contributed by atoms with van der Waals surface area (Å²) in [6, 6.07) is 7.51. The minimum atomic E-state index is -0.791. The number of nitrogens with one attached hydrogen (secondary N) is 1. The highest BCUT2D eigenvalue weighted by Crippen LogP contribution is 2.38. The molecule has 20 nitrogen and oxygen atoms in total. The summed E-state index contributed by atoms with van der Waals surface area (Å²) in [7, 11) is 1.35. The van der Waals surface area contributed by atoms with Gasteiger partial charge in [0.1, 0.15) is 0 Å². The first kappa shape index (κ1) is 29.5. The molecule has 44 heavy (non-hydrogen) atoms. The first-order valence-electron chi connectivity index (χ1n) is 12.7. The van der Waals surface area contributed by atoms with Crippen molar-refractivity contribution in [1.82, 2.24) is 35.6 Å². The van der Waals surface area contributed by atoms with Gasteiger partial charge in [-0.05, 0) is 40.1 Å². The highest BCUT2D eigenvalue weighted by atomic mass is 16.6. The third-order valence-corrected chi connectivity index (χ3v) is 6.29. The molecule has 0 unspecified atom stereocenters. The van der Waals surface area contributed by atoms with E-state index in [0.717, 1.165) is 18.2 Å². The number of ether oxygens (including phenoxy) is 3. The molecule has 2 aromatic carbocycles. The molecule has 3 heterocycles. The number of hydrazone groups is 1. The average Bonchev–Trinajstić information content (AvgIpc) is 3.63. The summed E-state index contributed by atoms with van der Waals surface area (Å²) in [4.78, 5) is 36.1. The largest absolute Gasteiger partial charge is 0.493 e. The van der Waals surface area contributed by atoms with Gasteiger partial charge in [-0.2, -0.15) is 9.78 Å². The van der Waals surface area contributed by atoms with Crippen LogP contribution in [0.15, 0.2) is 46.1 Å². The number of methoxy groups -OCH3 is 1. The molecular weight excluding hydrogens is 586 g/mol. The highest BCUT2D eigenvalue weighted by molar-refractivity contribution is 5.94. The number of nitrogens with zero attached hydrogens (tertiary/aromatic N) is 9. The lowest BCUT2D eigenvalue weighted by Crippen LogP contribution is -2.37. The van der Waals surface area contributed by atoms with E-state index in [1.165, 1.54) is 30.1 Å². The van der Waals surface area contributed by atoms with Crippen LogP contribution in [0, 0.1) is 20.2 Å². The molecule has 3 N–H and O–H groups in total. The average molecular weight is 610 g/mol. The third-order valence-electron chi connectivity index (χ3n) is 6.29. The Bertz CT molecular complexity index is 1730. The van der Waals surface area contributed by atoms with Gasteiger partial charge in [-0.25, -0.2) is 10.1 Å². The number of nitrogens with two attached hydrogens (primary N) is 1. The molecule has 1 saturated heterocycles. The first-order chi connectivity index (χ1) is 21.2. The Morgan fingerprint density at radius 1 is 1.11 bits per heavy atom. The fraction of sp³-hybridized carbons (Fsp3) is 0.250. The summed E-state index contributed by atoms with van der Waals surface area (Å²) < 4.78 is 22.3. The predicted octanol–water partition coefficient (Wildman–Crippen LogP) is 1.45. The number of benzene rings is 2. The molecule has 0 atom stereocenters. The van der Waals surface area contributed by atoms with Gasteiger partial charge in [0.2, 0.25) is 17.4 Å². The van der Waals surface area contributed by atoms with Crippen molar-refractivity contribution in [3.05, 3.63) is 73.6 Å². The second-order valence-corrected chi connectivity index (χ2v) is 9.04. The van der Waals surface area contributed by atoms with Gasteiger partial charge in [0.05, 0.1) is 48.1 Å². The maximum atomic E-state index is 13.1. The van der Waals surface area contributed by atoms with Crippen LogP contribution < -0.4 is 20.6 Å². The van der Waals surface area contributed by atoms with Gasteiger partial charge >= 0.3 is 5.69 Å². The van der Waals surface area contributed by atoms with E-state index in [9.17, 15) is 25.0 Å². The van der Waals surface area contributed by atoms with Crippen molar-refractivity contribution < 1.29 is 33.5 Å². The molecule has 1 fully saturated rings. The number of carbonyl (C=O) groups excluding carboxylic acids is 1. The van der Waals surface area contributed by atoms with Crippen molar-refractivity contribution in [3.63, 3.8) is 0 Å². The lowest BCUT2D eigenvalue weighted by molar-refractivity contribution is -0.394. The number of nitrogen functional groups attached to an aromatic ring is 1. The maximum Gasteiger partial charge on any atom is 0.318 e. The normalized spacial score (nSPS) is 13.6. The van der Waals surface area contributed by atoms with Crippen molar-refractivity contribution in [3.8, 4) is 23.1 Å². The van der Waals surface area contributed by atoms with Crippen LogP contribution in [0.1, 0.15) is 21.7 Å². The Morgan fingerprint density at radius 3 is 2.57 bits per heavy atom. The van der Waals surface area contributed by atoms with Crippen LogP contribution >= 0.6 is 0 Å². The minimum Gasteiger partial charge on any atom is -0.493 e. The van der Waals surface area contributed by atoms with Crippen LogP contribution in [0.4, 0.5) is 17.2 Å². The van der Waals surface area contributed by atoms with Crippen molar-refractivity contribution in [1.29, 1.82) is 0 Å². The van der Waals surface area contributed by atoms with E-state index >= 15 is 0 Å². The van der Waals surface area contributed by atoms with Gasteiger partial charge in [0.25, 0.3) is 11.6 Å². The van der Waals surface area contributed by atoms with Crippen LogP contribution in [-0.2, 0) is 11.3 Å². The Balaban J connectivity index is 1.32.